The molecule has 0 aromatic rings. The van der Waals surface area contributed by atoms with Crippen LogP contribution in [-0.2, 0) is 19.2 Å². The van der Waals surface area contributed by atoms with Crippen LogP contribution in [0.4, 0.5) is 0 Å². The van der Waals surface area contributed by atoms with Gasteiger partial charge < -0.3 is 26.4 Å². The van der Waals surface area contributed by atoms with Crippen molar-refractivity contribution in [2.45, 2.75) is 25.6 Å². The summed E-state index contributed by atoms with van der Waals surface area (Å²) in [6.07, 6.45) is -1.24. The van der Waals surface area contributed by atoms with Crippen LogP contribution in [0.25, 0.3) is 0 Å². The first-order valence-electron chi connectivity index (χ1n) is 6.26. The predicted octanol–water partition coefficient (Wildman–Crippen LogP) is -4.00. The summed E-state index contributed by atoms with van der Waals surface area (Å²) in [5.74, 6) is -5.05. The van der Waals surface area contributed by atoms with Crippen LogP contribution < -0.4 is 32.7 Å². The van der Waals surface area contributed by atoms with Crippen LogP contribution in [0.5, 0.6) is 0 Å². The average Bonchev–Trinajstić information content (AvgIpc) is 2.38. The molecular weight excluding hydrogens is 323 g/mol. The molecule has 12 heteroatoms. The molecule has 0 heterocycles. The van der Waals surface area contributed by atoms with Gasteiger partial charge in [0.15, 0.2) is 0 Å². The smallest absolute Gasteiger partial charge is 0.233 e. The van der Waals surface area contributed by atoms with Crippen molar-refractivity contribution < 1.29 is 24.3 Å². The van der Waals surface area contributed by atoms with Gasteiger partial charge in [-0.25, -0.2) is 11.5 Å². The van der Waals surface area contributed by atoms with Gasteiger partial charge in [-0.2, -0.15) is 0 Å². The van der Waals surface area contributed by atoms with Crippen LogP contribution in [0.15, 0.2) is 0 Å². The zero-order valence-corrected chi connectivity index (χ0v) is 15.5. The molecule has 0 bridgehead atoms. The number of carbonyl (C=O) groups excluding carboxylic acids is 4. The molecule has 0 fully saturated rings. The molecule has 0 unspecified atom stereocenters. The van der Waals surface area contributed by atoms with Gasteiger partial charge in [-0.05, 0) is 0 Å². The van der Waals surface area contributed by atoms with Crippen LogP contribution in [-0.4, -0.2) is 101 Å². The van der Waals surface area contributed by atoms with E-state index in [1.54, 1.807) is 0 Å². The van der Waals surface area contributed by atoms with Crippen molar-refractivity contribution in [2.24, 2.45) is 0 Å². The van der Waals surface area contributed by atoms with E-state index in [0.29, 0.717) is 0 Å². The molecule has 0 spiro atoms. The molecule has 0 aliphatic rings. The van der Waals surface area contributed by atoms with E-state index in [0.717, 1.165) is 6.92 Å². The molecule has 0 saturated heterocycles. The maximum Gasteiger partial charge on any atom is 0.233 e. The third-order valence-corrected chi connectivity index (χ3v) is 1.97. The zero-order chi connectivity index (χ0) is 17.2. The van der Waals surface area contributed by atoms with Gasteiger partial charge in [0.2, 0.25) is 30.9 Å². The number of hydrogen-bond donors (Lipinski definition) is 5. The summed E-state index contributed by atoms with van der Waals surface area (Å²) in [6, 6.07) is 0. The van der Waals surface area contributed by atoms with Crippen molar-refractivity contribution >= 4 is 75.0 Å². The number of nitrogens with one attached hydrogen (secondary N) is 6. The summed E-state index contributed by atoms with van der Waals surface area (Å²) in [7, 11) is 0. The molecule has 0 aliphatic heterocycles. The van der Waals surface area contributed by atoms with E-state index in [2.05, 4.69) is 26.4 Å². The Hall–Kier alpha value is -0.604. The molecule has 0 aliphatic carbocycles. The number of aliphatic hydroxyl groups is 1. The molecule has 22 heavy (non-hydrogen) atoms. The minimum Gasteiger partial charge on any atom is -0.354 e. The molecule has 0 saturated carbocycles. The fourth-order valence-electron chi connectivity index (χ4n) is 1.27. The average molecular weight is 342 g/mol. The summed E-state index contributed by atoms with van der Waals surface area (Å²) in [5, 5.41) is 12.6. The first-order valence-corrected chi connectivity index (χ1v) is 5.85. The topological polar surface area (TPSA) is 184 Å². The maximum atomic E-state index is 11.6. The van der Waals surface area contributed by atoms with E-state index >= 15 is 0 Å². The first kappa shape index (κ1) is 21.4. The van der Waals surface area contributed by atoms with Crippen LogP contribution in [0.2, 0.25) is 0 Å². The quantitative estimate of drug-likeness (QED) is 0.162. The Morgan fingerprint density at radius 3 is 1.59 bits per heavy atom. The summed E-state index contributed by atoms with van der Waals surface area (Å²) >= 11 is 0. The largest absolute Gasteiger partial charge is 0.354 e. The monoisotopic (exact) mass is 342 g/mol. The maximum absolute atomic E-state index is 11.6. The van der Waals surface area contributed by atoms with Gasteiger partial charge >= 0.3 is 0 Å². The predicted molar refractivity (Wildman–Crippen MR) is 74.1 cm³/mol. The van der Waals surface area contributed by atoms with Gasteiger partial charge in [-0.15, -0.1) is 0 Å². The molecule has 0 rings (SSSR count). The molecule has 0 aromatic heterocycles. The van der Waals surface area contributed by atoms with E-state index in [-0.39, 0.29) is 64.7 Å². The van der Waals surface area contributed by atoms with E-state index in [1.165, 1.54) is 0 Å². The van der Waals surface area contributed by atoms with Crippen LogP contribution in [0.3, 0.4) is 0 Å². The standard InChI is InChI=1S/C10H18N6O5.K/c1-10(21,15-8(19)2-6(17)13-4-11)16-9(20)3-7(18)14-5-12;/h11-12,21H,2-5H2,1H3,(H,13,17)(H,14,18)(H,15,19)(H,16,20);/i21D;. The molecule has 4 amide bonds. The van der Waals surface area contributed by atoms with Gasteiger partial charge in [-0.1, -0.05) is 0 Å². The Kier molecular flexibility index (Phi) is 11.6. The van der Waals surface area contributed by atoms with E-state index in [9.17, 15) is 19.2 Å². The van der Waals surface area contributed by atoms with Crippen molar-refractivity contribution in [3.05, 3.63) is 0 Å². The second-order valence-corrected chi connectivity index (χ2v) is 4.04. The van der Waals surface area contributed by atoms with Gasteiger partial charge in [0, 0.05) is 58.3 Å². The van der Waals surface area contributed by atoms with Crippen molar-refractivity contribution in [1.82, 2.24) is 32.7 Å². The fraction of sp³-hybridized carbons (Fsp3) is 0.600. The summed E-state index contributed by atoms with van der Waals surface area (Å²) < 4.78 is 6.88. The molecular formula is C10H18KN6O5. The molecule has 7 N–H and O–H groups in total. The fourth-order valence-corrected chi connectivity index (χ4v) is 1.27. The Morgan fingerprint density at radius 2 is 1.32 bits per heavy atom. The van der Waals surface area contributed by atoms with Crippen LogP contribution >= 0.6 is 0 Å². The summed E-state index contributed by atoms with van der Waals surface area (Å²) in [4.78, 5) is 45.4. The third kappa shape index (κ3) is 12.0. The molecule has 119 valence electrons. The first-order chi connectivity index (χ1) is 10.3. The van der Waals surface area contributed by atoms with Crippen LogP contribution in [0.1, 0.15) is 19.8 Å². The zero-order valence-electron chi connectivity index (χ0n) is 13.4. The molecule has 11 nitrogen and oxygen atoms in total. The van der Waals surface area contributed by atoms with Crippen molar-refractivity contribution in [3.63, 3.8) is 0 Å². The number of carbonyl (C=O) groups is 4. The SMILES string of the molecule is [2H]OC(C)(NC(=O)CC(=O)NC[NH])NC(=O)CC(=O)NC[NH].[K]. The van der Waals surface area contributed by atoms with Gasteiger partial charge in [0.1, 0.15) is 12.8 Å². The van der Waals surface area contributed by atoms with E-state index in [1.807, 2.05) is 0 Å². The normalized spacial score (nSPS) is 10.6. The second kappa shape index (κ2) is 11.9. The Bertz CT molecular complexity index is 404. The van der Waals surface area contributed by atoms with Crippen LogP contribution in [0, 0.1) is 0 Å². The molecule has 3 radical (unpaired) electrons. The number of hydrogen-bond acceptors (Lipinski definition) is 5. The summed E-state index contributed by atoms with van der Waals surface area (Å²) in [6.45, 7) is 0.362. The number of rotatable bonds is 9. The van der Waals surface area contributed by atoms with Crippen molar-refractivity contribution in [1.29, 1.82) is 1.43 Å². The number of amides is 4. The Morgan fingerprint density at radius 1 is 0.955 bits per heavy atom. The van der Waals surface area contributed by atoms with Crippen molar-refractivity contribution in [2.75, 3.05) is 13.3 Å². The Labute approximate surface area is 171 Å². The summed E-state index contributed by atoms with van der Waals surface area (Å²) in [5.41, 5.74) is 13.5. The minimum atomic E-state index is -1.93. The van der Waals surface area contributed by atoms with Gasteiger partial charge in [0.25, 0.3) is 0 Å². The van der Waals surface area contributed by atoms with Gasteiger partial charge in [0.05, 0.1) is 13.3 Å². The van der Waals surface area contributed by atoms with E-state index < -0.39 is 42.3 Å². The Balaban J connectivity index is 0. The molecule has 0 aromatic carbocycles. The third-order valence-electron chi connectivity index (χ3n) is 1.97. The second-order valence-electron chi connectivity index (χ2n) is 4.04. The molecule has 0 atom stereocenters. The van der Waals surface area contributed by atoms with E-state index in [4.69, 9.17) is 12.9 Å². The minimum absolute atomic E-state index is 0. The van der Waals surface area contributed by atoms with Gasteiger partial charge in [-0.3, -0.25) is 19.2 Å². The van der Waals surface area contributed by atoms with Crippen molar-refractivity contribution in [3.8, 4) is 0 Å².